The van der Waals surface area contributed by atoms with Crippen LogP contribution in [0.1, 0.15) is 5.76 Å². The maximum absolute atomic E-state index is 13.3. The van der Waals surface area contributed by atoms with Gasteiger partial charge in [-0.15, -0.1) is 0 Å². The van der Waals surface area contributed by atoms with E-state index < -0.39 is 26.6 Å². The van der Waals surface area contributed by atoms with Crippen molar-refractivity contribution >= 4 is 10.0 Å². The topological polar surface area (TPSA) is 59.3 Å². The lowest BCUT2D eigenvalue weighted by molar-refractivity contribution is 0.496. The van der Waals surface area contributed by atoms with Crippen LogP contribution in [0.25, 0.3) is 0 Å². The number of rotatable bonds is 4. The Morgan fingerprint density at radius 3 is 2.61 bits per heavy atom. The Kier molecular flexibility index (Phi) is 3.44. The van der Waals surface area contributed by atoms with E-state index in [4.69, 9.17) is 4.42 Å². The fourth-order valence-electron chi connectivity index (χ4n) is 1.35. The Morgan fingerprint density at radius 1 is 1.22 bits per heavy atom. The summed E-state index contributed by atoms with van der Waals surface area (Å²) in [7, 11) is -4.04. The first-order valence-corrected chi connectivity index (χ1v) is 6.44. The van der Waals surface area contributed by atoms with Gasteiger partial charge >= 0.3 is 0 Å². The van der Waals surface area contributed by atoms with E-state index in [0.29, 0.717) is 11.8 Å². The predicted octanol–water partition coefficient (Wildman–Crippen LogP) is 2.04. The zero-order chi connectivity index (χ0) is 13.2. The third-order valence-electron chi connectivity index (χ3n) is 2.20. The van der Waals surface area contributed by atoms with E-state index in [0.717, 1.165) is 12.1 Å². The first-order chi connectivity index (χ1) is 8.49. The minimum Gasteiger partial charge on any atom is -0.468 e. The Bertz CT molecular complexity index is 638. The van der Waals surface area contributed by atoms with Gasteiger partial charge in [0.1, 0.15) is 22.3 Å². The predicted molar refractivity (Wildman–Crippen MR) is 59.1 cm³/mol. The van der Waals surface area contributed by atoms with Crippen molar-refractivity contribution in [3.05, 3.63) is 54.0 Å². The van der Waals surface area contributed by atoms with Crippen LogP contribution in [-0.2, 0) is 16.6 Å². The van der Waals surface area contributed by atoms with Gasteiger partial charge in [0.2, 0.25) is 10.0 Å². The second-order valence-electron chi connectivity index (χ2n) is 3.48. The normalized spacial score (nSPS) is 11.7. The summed E-state index contributed by atoms with van der Waals surface area (Å²) in [6, 6.07) is 5.44. The molecule has 0 spiro atoms. The largest absolute Gasteiger partial charge is 0.468 e. The van der Waals surface area contributed by atoms with Crippen LogP contribution in [0.4, 0.5) is 8.78 Å². The third-order valence-corrected chi connectivity index (χ3v) is 3.63. The van der Waals surface area contributed by atoms with E-state index in [-0.39, 0.29) is 6.54 Å². The van der Waals surface area contributed by atoms with E-state index in [1.807, 2.05) is 0 Å². The fourth-order valence-corrected chi connectivity index (χ4v) is 2.40. The van der Waals surface area contributed by atoms with E-state index >= 15 is 0 Å². The summed E-state index contributed by atoms with van der Waals surface area (Å²) in [5.41, 5.74) is 0. The maximum Gasteiger partial charge on any atom is 0.243 e. The zero-order valence-corrected chi connectivity index (χ0v) is 9.88. The molecular weight excluding hydrogens is 264 g/mol. The van der Waals surface area contributed by atoms with Crippen LogP contribution < -0.4 is 4.72 Å². The Hall–Kier alpha value is -1.73. The standard InChI is InChI=1S/C11H9F2NO3S/c12-8-3-4-11(10(13)6-8)18(15,16)14-7-9-2-1-5-17-9/h1-6,14H,7H2. The van der Waals surface area contributed by atoms with Gasteiger partial charge in [0.05, 0.1) is 12.8 Å². The number of furan rings is 1. The molecule has 1 aromatic heterocycles. The van der Waals surface area contributed by atoms with Gasteiger partial charge in [0.25, 0.3) is 0 Å². The quantitative estimate of drug-likeness (QED) is 0.927. The first kappa shape index (κ1) is 12.7. The minimum atomic E-state index is -4.04. The first-order valence-electron chi connectivity index (χ1n) is 4.96. The molecule has 2 aromatic rings. The molecule has 7 heteroatoms. The van der Waals surface area contributed by atoms with Crippen molar-refractivity contribution in [3.8, 4) is 0 Å². The molecule has 1 heterocycles. The number of hydrogen-bond acceptors (Lipinski definition) is 3. The van der Waals surface area contributed by atoms with Crippen LogP contribution in [0.2, 0.25) is 0 Å². The van der Waals surface area contributed by atoms with Crippen LogP contribution in [0.3, 0.4) is 0 Å². The molecule has 0 bridgehead atoms. The van der Waals surface area contributed by atoms with Crippen LogP contribution >= 0.6 is 0 Å². The highest BCUT2D eigenvalue weighted by Crippen LogP contribution is 2.15. The monoisotopic (exact) mass is 273 g/mol. The smallest absolute Gasteiger partial charge is 0.243 e. The van der Waals surface area contributed by atoms with Crippen molar-refractivity contribution in [1.29, 1.82) is 0 Å². The van der Waals surface area contributed by atoms with Crippen molar-refractivity contribution in [3.63, 3.8) is 0 Å². The molecule has 0 radical (unpaired) electrons. The van der Waals surface area contributed by atoms with Crippen molar-refractivity contribution < 1.29 is 21.6 Å². The Labute approximate surface area is 102 Å². The molecule has 1 aromatic carbocycles. The highest BCUT2D eigenvalue weighted by Gasteiger charge is 2.19. The van der Waals surface area contributed by atoms with Gasteiger partial charge < -0.3 is 4.42 Å². The molecule has 0 saturated heterocycles. The van der Waals surface area contributed by atoms with Gasteiger partial charge in [-0.25, -0.2) is 21.9 Å². The van der Waals surface area contributed by atoms with E-state index in [1.54, 1.807) is 12.1 Å². The van der Waals surface area contributed by atoms with Gasteiger partial charge in [0, 0.05) is 6.07 Å². The maximum atomic E-state index is 13.3. The van der Waals surface area contributed by atoms with Crippen LogP contribution in [0.5, 0.6) is 0 Å². The van der Waals surface area contributed by atoms with Crippen LogP contribution in [0.15, 0.2) is 45.9 Å². The lowest BCUT2D eigenvalue weighted by Crippen LogP contribution is -2.24. The number of halogens is 2. The lowest BCUT2D eigenvalue weighted by Gasteiger charge is -2.06. The number of hydrogen-bond donors (Lipinski definition) is 1. The molecule has 0 aliphatic carbocycles. The second kappa shape index (κ2) is 4.87. The van der Waals surface area contributed by atoms with Gasteiger partial charge in [-0.3, -0.25) is 0 Å². The fraction of sp³-hybridized carbons (Fsp3) is 0.0909. The Balaban J connectivity index is 2.20. The van der Waals surface area contributed by atoms with Crippen molar-refractivity contribution in [2.75, 3.05) is 0 Å². The van der Waals surface area contributed by atoms with Gasteiger partial charge in [-0.2, -0.15) is 0 Å². The van der Waals surface area contributed by atoms with Gasteiger partial charge in [-0.1, -0.05) is 0 Å². The van der Waals surface area contributed by atoms with Crippen molar-refractivity contribution in [2.45, 2.75) is 11.4 Å². The van der Waals surface area contributed by atoms with E-state index in [2.05, 4.69) is 4.72 Å². The summed E-state index contributed by atoms with van der Waals surface area (Å²) in [4.78, 5) is -0.601. The molecule has 0 amide bonds. The molecule has 96 valence electrons. The molecular formula is C11H9F2NO3S. The molecule has 0 atom stereocenters. The SMILES string of the molecule is O=S(=O)(NCc1ccco1)c1ccc(F)cc1F. The average Bonchev–Trinajstić information content (AvgIpc) is 2.78. The van der Waals surface area contributed by atoms with Crippen molar-refractivity contribution in [2.24, 2.45) is 0 Å². The van der Waals surface area contributed by atoms with Crippen LogP contribution in [0, 0.1) is 11.6 Å². The second-order valence-corrected chi connectivity index (χ2v) is 5.21. The minimum absolute atomic E-state index is 0.105. The molecule has 18 heavy (non-hydrogen) atoms. The molecule has 2 rings (SSSR count). The van der Waals surface area contributed by atoms with E-state index in [9.17, 15) is 17.2 Å². The molecule has 0 unspecified atom stereocenters. The highest BCUT2D eigenvalue weighted by atomic mass is 32.2. The summed E-state index contributed by atoms with van der Waals surface area (Å²) in [6.07, 6.45) is 1.39. The van der Waals surface area contributed by atoms with Gasteiger partial charge in [0.15, 0.2) is 0 Å². The Morgan fingerprint density at radius 2 is 2.00 bits per heavy atom. The lowest BCUT2D eigenvalue weighted by atomic mass is 10.3. The zero-order valence-electron chi connectivity index (χ0n) is 9.06. The molecule has 0 aliphatic rings. The van der Waals surface area contributed by atoms with Gasteiger partial charge in [-0.05, 0) is 24.3 Å². The average molecular weight is 273 g/mol. The van der Waals surface area contributed by atoms with Crippen molar-refractivity contribution in [1.82, 2.24) is 4.72 Å². The molecule has 4 nitrogen and oxygen atoms in total. The molecule has 0 saturated carbocycles. The number of nitrogens with one attached hydrogen (secondary N) is 1. The summed E-state index contributed by atoms with van der Waals surface area (Å²) in [5, 5.41) is 0. The number of benzene rings is 1. The third kappa shape index (κ3) is 2.74. The number of sulfonamides is 1. The highest BCUT2D eigenvalue weighted by molar-refractivity contribution is 7.89. The van der Waals surface area contributed by atoms with Crippen LogP contribution in [-0.4, -0.2) is 8.42 Å². The molecule has 0 aliphatic heterocycles. The summed E-state index contributed by atoms with van der Waals surface area (Å²) in [6.45, 7) is -0.105. The molecule has 1 N–H and O–H groups in total. The molecule has 0 fully saturated rings. The summed E-state index contributed by atoms with van der Waals surface area (Å²) >= 11 is 0. The van der Waals surface area contributed by atoms with E-state index in [1.165, 1.54) is 6.26 Å². The summed E-state index contributed by atoms with van der Waals surface area (Å²) in [5.74, 6) is -1.58. The summed E-state index contributed by atoms with van der Waals surface area (Å²) < 4.78 is 56.6.